The first-order valence-electron chi connectivity index (χ1n) is 23.5. The zero-order valence-electron chi connectivity index (χ0n) is 44.8. The molecular weight excluding hydrogens is 1090 g/mol. The molecule has 0 bridgehead atoms. The molecule has 460 valence electrons. The Bertz CT molecular complexity index is 2190. The van der Waals surface area contributed by atoms with Crippen molar-refractivity contribution in [2.75, 3.05) is 71.1 Å². The first-order valence-corrected chi connectivity index (χ1v) is 23.5. The maximum absolute atomic E-state index is 12.6. The summed E-state index contributed by atoms with van der Waals surface area (Å²) in [6.45, 7) is 5.18. The first kappa shape index (κ1) is 72.4. The van der Waals surface area contributed by atoms with Gasteiger partial charge in [-0.15, -0.1) is 0 Å². The predicted molar refractivity (Wildman–Crippen MR) is 257 cm³/mol. The van der Waals surface area contributed by atoms with Gasteiger partial charge in [-0.25, -0.2) is 43.2 Å². The molecule has 5 fully saturated rings. The third-order valence-corrected chi connectivity index (χ3v) is 13.9. The Labute approximate surface area is 459 Å². The Morgan fingerprint density at radius 1 is 0.463 bits per heavy atom. The summed E-state index contributed by atoms with van der Waals surface area (Å²) in [6.07, 6.45) is -14.2. The number of aliphatic hydroxyl groups excluding tert-OH is 6. The number of hydrogen-bond acceptors (Lipinski definition) is 32. The molecule has 0 aromatic heterocycles. The van der Waals surface area contributed by atoms with Gasteiger partial charge >= 0.3 is 53.7 Å². The van der Waals surface area contributed by atoms with E-state index in [0.717, 1.165) is 64.0 Å². The molecule has 0 aromatic carbocycles. The van der Waals surface area contributed by atoms with E-state index >= 15 is 0 Å². The summed E-state index contributed by atoms with van der Waals surface area (Å²) >= 11 is 0. The van der Waals surface area contributed by atoms with Crippen LogP contribution in [0, 0.1) is 0 Å². The van der Waals surface area contributed by atoms with Crippen molar-refractivity contribution in [3.8, 4) is 0 Å². The van der Waals surface area contributed by atoms with Crippen LogP contribution in [-0.2, 0) is 114 Å². The highest BCUT2D eigenvalue weighted by atomic mass is 16.8. The molecule has 5 aliphatic rings. The zero-order valence-corrected chi connectivity index (χ0v) is 44.8. The minimum Gasteiger partial charge on any atom is -0.467 e. The van der Waals surface area contributed by atoms with E-state index in [4.69, 9.17) is 37.9 Å². The van der Waals surface area contributed by atoms with E-state index in [9.17, 15) is 84.0 Å². The van der Waals surface area contributed by atoms with E-state index in [2.05, 4.69) is 33.2 Å². The maximum Gasteiger partial charge on any atom is 0.351 e. The number of cyclic esters (lactones) is 2. The molecule has 5 rings (SSSR count). The summed E-state index contributed by atoms with van der Waals surface area (Å²) in [5, 5.41) is 85.4. The molecule has 0 saturated carbocycles. The SMILES string of the molecule is C.C.CCC[C@]1(OC)O[C@@](C(=O)OC)(/C(=C/C(=O)OC)C(=O)OC)[C@H](O)[C@H]1O.CCC[C@]1(OC)O[C@]2(C(=O)OC(C(=O)OC)[C@]2(O)C(=O)OC)[C@H](O)[C@H]1O.CCC[C@]1(OC)O[C@]2(C(=O)O[C@H](C(=O)OC)[C@@]2(O)C(=O)OC)[C@H](O)[C@H]1O. The van der Waals surface area contributed by atoms with Gasteiger partial charge in [0.05, 0.1) is 55.3 Å². The van der Waals surface area contributed by atoms with Gasteiger partial charge in [0.1, 0.15) is 36.6 Å². The lowest BCUT2D eigenvalue weighted by atomic mass is 9.76. The number of ether oxygens (including phenoxy) is 15. The highest BCUT2D eigenvalue weighted by molar-refractivity contribution is 6.06. The lowest BCUT2D eigenvalue weighted by Gasteiger charge is -2.36. The molecule has 8 N–H and O–H groups in total. The fourth-order valence-corrected chi connectivity index (χ4v) is 9.92. The van der Waals surface area contributed by atoms with E-state index in [1.807, 2.05) is 0 Å². The van der Waals surface area contributed by atoms with E-state index in [1.165, 1.54) is 7.11 Å². The quantitative estimate of drug-likeness (QED) is 0.0387. The molecular formula is C48H76O32. The lowest BCUT2D eigenvalue weighted by molar-refractivity contribution is -0.285. The fourth-order valence-electron chi connectivity index (χ4n) is 9.92. The van der Waals surface area contributed by atoms with E-state index in [0.29, 0.717) is 25.3 Å². The minimum atomic E-state index is -3.12. The summed E-state index contributed by atoms with van der Waals surface area (Å²) in [6, 6.07) is 0. The zero-order chi connectivity index (χ0) is 59.9. The maximum atomic E-state index is 12.6. The molecule has 16 atom stereocenters. The van der Waals surface area contributed by atoms with Crippen molar-refractivity contribution in [1.29, 1.82) is 0 Å². The van der Waals surface area contributed by atoms with Gasteiger partial charge in [0.2, 0.25) is 29.0 Å². The van der Waals surface area contributed by atoms with Gasteiger partial charge in [0.15, 0.2) is 17.4 Å². The molecule has 0 amide bonds. The lowest BCUT2D eigenvalue weighted by Crippen LogP contribution is -2.69. The summed E-state index contributed by atoms with van der Waals surface area (Å²) in [5.41, 5.74) is -15.2. The van der Waals surface area contributed by atoms with Gasteiger partial charge in [-0.2, -0.15) is 0 Å². The molecule has 32 nitrogen and oxygen atoms in total. The van der Waals surface area contributed by atoms with Crippen LogP contribution in [0.15, 0.2) is 11.6 Å². The van der Waals surface area contributed by atoms with Gasteiger partial charge in [-0.3, -0.25) is 0 Å². The van der Waals surface area contributed by atoms with Crippen LogP contribution in [0.2, 0.25) is 0 Å². The van der Waals surface area contributed by atoms with Crippen LogP contribution >= 0.6 is 0 Å². The van der Waals surface area contributed by atoms with Crippen molar-refractivity contribution in [2.24, 2.45) is 0 Å². The Balaban J connectivity index is 0.000000593. The van der Waals surface area contributed by atoms with Crippen LogP contribution in [0.4, 0.5) is 0 Å². The van der Waals surface area contributed by atoms with Crippen LogP contribution in [0.5, 0.6) is 0 Å². The number of aliphatic hydroxyl groups is 8. The molecule has 0 aromatic rings. The molecule has 5 saturated heterocycles. The summed E-state index contributed by atoms with van der Waals surface area (Å²) in [4.78, 5) is 110. The second-order valence-corrected chi connectivity index (χ2v) is 17.7. The molecule has 5 aliphatic heterocycles. The number of carbonyl (C=O) groups excluding carboxylic acids is 9. The van der Waals surface area contributed by atoms with Crippen LogP contribution in [-0.4, -0.2) is 260 Å². The largest absolute Gasteiger partial charge is 0.467 e. The van der Waals surface area contributed by atoms with Crippen molar-refractivity contribution in [2.45, 2.75) is 168 Å². The highest BCUT2D eigenvalue weighted by Crippen LogP contribution is 2.55. The Hall–Kier alpha value is -5.59. The van der Waals surface area contributed by atoms with Gasteiger partial charge in [0.25, 0.3) is 11.2 Å². The summed E-state index contributed by atoms with van der Waals surface area (Å²) < 4.78 is 73.5. The van der Waals surface area contributed by atoms with Crippen LogP contribution in [0.25, 0.3) is 0 Å². The minimum absolute atomic E-state index is 0. The standard InChI is InChI=1S/C16H24O10.2C15H22O11.2CH4/c1-6-7-15(25-5)11(18)12(19)16(26-15,14(21)24-4)9(13(20)23-3)8-10(17)22-2;2*1-5-6-13(24-4)7(16)8(17)15(26-13)12(20)25-9(10(18)22-2)14(15,21)11(19)23-3;;/h8,11-12,18-19H,6-7H2,1-5H3;2*7-9,16-17,21H,5-6H2,1-4H3;2*1H4/b9-8+;;;;/t11-,12-,15+,16+;7-,8-,9?,13+,14+,15+;7-,8-,9-,13+,14-,15+;;/m111../s1. The molecule has 5 heterocycles. The summed E-state index contributed by atoms with van der Waals surface area (Å²) in [5.74, 6) is -17.5. The van der Waals surface area contributed by atoms with E-state index in [-0.39, 0.29) is 34.1 Å². The average molecular weight is 1170 g/mol. The van der Waals surface area contributed by atoms with Gasteiger partial charge in [0, 0.05) is 46.7 Å². The molecule has 0 aliphatic carbocycles. The second kappa shape index (κ2) is 27.5. The van der Waals surface area contributed by atoms with E-state index < -0.39 is 153 Å². The monoisotopic (exact) mass is 1160 g/mol. The van der Waals surface area contributed by atoms with Crippen LogP contribution < -0.4 is 0 Å². The van der Waals surface area contributed by atoms with E-state index in [1.54, 1.807) is 20.8 Å². The number of methoxy groups -OCH3 is 10. The van der Waals surface area contributed by atoms with Crippen molar-refractivity contribution < 1.29 is 155 Å². The Kier molecular flexibility index (Phi) is 24.9. The molecule has 80 heavy (non-hydrogen) atoms. The molecule has 2 spiro atoms. The van der Waals surface area contributed by atoms with Crippen LogP contribution in [0.1, 0.15) is 74.1 Å². The third-order valence-electron chi connectivity index (χ3n) is 13.9. The third kappa shape index (κ3) is 10.7. The van der Waals surface area contributed by atoms with Gasteiger partial charge < -0.3 is 112 Å². The summed E-state index contributed by atoms with van der Waals surface area (Å²) in [7, 11) is 10.2. The average Bonchev–Trinajstić information content (AvgIpc) is 4.08. The molecule has 1 unspecified atom stereocenters. The highest BCUT2D eigenvalue weighted by Gasteiger charge is 2.86. The van der Waals surface area contributed by atoms with Gasteiger partial charge in [-0.05, 0) is 0 Å². The number of rotatable bonds is 17. The normalized spacial score (nSPS) is 37.5. The number of carbonyl (C=O) groups is 9. The Morgan fingerprint density at radius 3 is 1.06 bits per heavy atom. The smallest absolute Gasteiger partial charge is 0.351 e. The first-order chi connectivity index (χ1) is 36.4. The van der Waals surface area contributed by atoms with Crippen molar-refractivity contribution >= 4 is 53.7 Å². The second-order valence-electron chi connectivity index (χ2n) is 17.7. The van der Waals surface area contributed by atoms with Crippen molar-refractivity contribution in [3.63, 3.8) is 0 Å². The van der Waals surface area contributed by atoms with Crippen LogP contribution in [0.3, 0.4) is 0 Å². The fraction of sp³-hybridized carbons (Fsp3) is 0.771. The van der Waals surface area contributed by atoms with Crippen molar-refractivity contribution in [1.82, 2.24) is 0 Å². The molecule has 0 radical (unpaired) electrons. The molecule has 32 heteroatoms. The van der Waals surface area contributed by atoms with Crippen molar-refractivity contribution in [3.05, 3.63) is 11.6 Å². The number of esters is 9. The van der Waals surface area contributed by atoms with Gasteiger partial charge in [-0.1, -0.05) is 54.9 Å². The topological polar surface area (TPSA) is 454 Å². The predicted octanol–water partition coefficient (Wildman–Crippen LogP) is -4.42. The number of hydrogen-bond donors (Lipinski definition) is 8. The Morgan fingerprint density at radius 2 is 0.787 bits per heavy atom.